The molecule has 160 valence electrons. The summed E-state index contributed by atoms with van der Waals surface area (Å²) < 4.78 is 28.9. The number of para-hydroxylation sites is 1. The van der Waals surface area contributed by atoms with E-state index in [0.717, 1.165) is 48.3 Å². The molecule has 1 aliphatic heterocycles. The number of ether oxygens (including phenoxy) is 1. The molecule has 8 heteroatoms. The van der Waals surface area contributed by atoms with Crippen molar-refractivity contribution in [2.24, 2.45) is 10.9 Å². The van der Waals surface area contributed by atoms with Gasteiger partial charge in [0, 0.05) is 22.9 Å². The van der Waals surface area contributed by atoms with Gasteiger partial charge in [0.05, 0.1) is 23.6 Å². The number of primary sulfonamides is 1. The number of anilines is 1. The van der Waals surface area contributed by atoms with Crippen LogP contribution in [0.2, 0.25) is 0 Å². The van der Waals surface area contributed by atoms with Crippen LogP contribution in [0.1, 0.15) is 37.2 Å². The van der Waals surface area contributed by atoms with Gasteiger partial charge in [-0.25, -0.2) is 13.6 Å². The van der Waals surface area contributed by atoms with E-state index >= 15 is 0 Å². The minimum absolute atomic E-state index is 0.0288. The molecule has 0 fully saturated rings. The molecule has 0 bridgehead atoms. The van der Waals surface area contributed by atoms with Crippen molar-refractivity contribution in [3.63, 3.8) is 0 Å². The van der Waals surface area contributed by atoms with E-state index in [1.54, 1.807) is 19.2 Å². The molecule has 1 atom stereocenters. The minimum atomic E-state index is -3.80. The quantitative estimate of drug-likeness (QED) is 0.757. The largest absolute Gasteiger partial charge is 0.496 e. The third kappa shape index (κ3) is 3.67. The Morgan fingerprint density at radius 1 is 1.10 bits per heavy atom. The third-order valence-electron chi connectivity index (χ3n) is 5.90. The molecule has 0 radical (unpaired) electrons. The van der Waals surface area contributed by atoms with Gasteiger partial charge in [-0.05, 0) is 61.6 Å². The normalized spacial score (nSPS) is 19.1. The number of hydrogen-bond acceptors (Lipinski definition) is 6. The Morgan fingerprint density at radius 3 is 2.42 bits per heavy atom. The summed E-state index contributed by atoms with van der Waals surface area (Å²) in [5.74, 6) is 0.801. The molecular formula is C23H24N4O3S. The maximum absolute atomic E-state index is 11.6. The number of rotatable bonds is 4. The molecule has 7 nitrogen and oxygen atoms in total. The van der Waals surface area contributed by atoms with Crippen LogP contribution < -0.4 is 20.5 Å². The number of nitrogens with two attached hydrogens (primary N) is 2. The summed E-state index contributed by atoms with van der Waals surface area (Å²) in [5, 5.41) is 15.3. The van der Waals surface area contributed by atoms with Crippen molar-refractivity contribution >= 4 is 15.7 Å². The van der Waals surface area contributed by atoms with Crippen LogP contribution in [0.25, 0.3) is 0 Å². The van der Waals surface area contributed by atoms with Crippen LogP contribution in [-0.4, -0.2) is 15.5 Å². The third-order valence-corrected chi connectivity index (χ3v) is 6.83. The molecule has 1 unspecified atom stereocenters. The molecule has 0 amide bonds. The number of nitrogens with zero attached hydrogens (tertiary/aromatic N) is 2. The zero-order valence-corrected chi connectivity index (χ0v) is 18.0. The SMILES string of the molecule is COc1ccccc1C1C(C#N)=C(N)N(c2ccc(S(N)(=O)=O)cc2)C2=C1CCCC2. The Balaban J connectivity index is 1.90. The van der Waals surface area contributed by atoms with Gasteiger partial charge < -0.3 is 15.4 Å². The monoisotopic (exact) mass is 436 g/mol. The van der Waals surface area contributed by atoms with Gasteiger partial charge >= 0.3 is 0 Å². The summed E-state index contributed by atoms with van der Waals surface area (Å²) in [6, 6.07) is 16.3. The van der Waals surface area contributed by atoms with Gasteiger partial charge in [0.25, 0.3) is 0 Å². The molecule has 31 heavy (non-hydrogen) atoms. The van der Waals surface area contributed by atoms with Crippen LogP contribution in [-0.2, 0) is 10.0 Å². The van der Waals surface area contributed by atoms with E-state index in [2.05, 4.69) is 6.07 Å². The van der Waals surface area contributed by atoms with Crippen molar-refractivity contribution in [3.8, 4) is 11.8 Å². The van der Waals surface area contributed by atoms with Crippen LogP contribution in [0.5, 0.6) is 5.75 Å². The first kappa shape index (κ1) is 21.0. The van der Waals surface area contributed by atoms with Gasteiger partial charge in [-0.2, -0.15) is 5.26 Å². The Labute approximate surface area is 182 Å². The Kier molecular flexibility index (Phi) is 5.48. The molecule has 1 aliphatic carbocycles. The highest BCUT2D eigenvalue weighted by molar-refractivity contribution is 7.89. The van der Waals surface area contributed by atoms with Crippen molar-refractivity contribution in [2.75, 3.05) is 12.0 Å². The lowest BCUT2D eigenvalue weighted by Gasteiger charge is -2.40. The standard InChI is InChI=1S/C23H24N4O3S/c1-30-21-9-5-3-7-18(21)22-17-6-2-4-8-20(17)27(23(25)19(22)14-24)15-10-12-16(13-11-15)31(26,28)29/h3,5,7,9-13,22H,2,4,6,8,25H2,1H3,(H2,26,28,29). The average Bonchev–Trinajstić information content (AvgIpc) is 2.78. The molecule has 4 N–H and O–H groups in total. The van der Waals surface area contributed by atoms with E-state index in [9.17, 15) is 13.7 Å². The van der Waals surface area contributed by atoms with Gasteiger partial charge in [0.15, 0.2) is 0 Å². The molecule has 2 aromatic carbocycles. The molecule has 2 aliphatic rings. The first-order valence-corrected chi connectivity index (χ1v) is 11.6. The summed E-state index contributed by atoms with van der Waals surface area (Å²) in [5.41, 5.74) is 10.9. The summed E-state index contributed by atoms with van der Waals surface area (Å²) in [6.07, 6.45) is 3.71. The fourth-order valence-corrected chi connectivity index (χ4v) is 5.03. The number of methoxy groups -OCH3 is 1. The zero-order chi connectivity index (χ0) is 22.2. The Morgan fingerprint density at radius 2 is 1.77 bits per heavy atom. The van der Waals surface area contributed by atoms with Gasteiger partial charge in [-0.1, -0.05) is 18.2 Å². The molecule has 2 aromatic rings. The van der Waals surface area contributed by atoms with Gasteiger partial charge in [-0.15, -0.1) is 0 Å². The topological polar surface area (TPSA) is 122 Å². The molecule has 0 saturated carbocycles. The fraction of sp³-hybridized carbons (Fsp3) is 0.261. The molecule has 1 heterocycles. The van der Waals surface area contributed by atoms with E-state index in [1.165, 1.54) is 12.1 Å². The second-order valence-electron chi connectivity index (χ2n) is 7.64. The van der Waals surface area contributed by atoms with E-state index in [1.807, 2.05) is 29.2 Å². The predicted octanol–water partition coefficient (Wildman–Crippen LogP) is 3.47. The van der Waals surface area contributed by atoms with E-state index < -0.39 is 10.0 Å². The van der Waals surface area contributed by atoms with Crippen molar-refractivity contribution in [1.82, 2.24) is 0 Å². The lowest BCUT2D eigenvalue weighted by Crippen LogP contribution is -2.36. The Hall–Kier alpha value is -3.28. The number of benzene rings is 2. The predicted molar refractivity (Wildman–Crippen MR) is 118 cm³/mol. The highest BCUT2D eigenvalue weighted by Crippen LogP contribution is 2.49. The number of hydrogen-bond donors (Lipinski definition) is 2. The minimum Gasteiger partial charge on any atom is -0.496 e. The number of sulfonamides is 1. The second-order valence-corrected chi connectivity index (χ2v) is 9.20. The number of nitriles is 1. The maximum atomic E-state index is 11.6. The number of allylic oxidation sites excluding steroid dienone is 3. The average molecular weight is 437 g/mol. The van der Waals surface area contributed by atoms with E-state index in [-0.39, 0.29) is 10.8 Å². The fourth-order valence-electron chi connectivity index (χ4n) is 4.52. The van der Waals surface area contributed by atoms with Crippen LogP contribution in [0.4, 0.5) is 5.69 Å². The molecule has 0 saturated heterocycles. The first-order chi connectivity index (χ1) is 14.9. The van der Waals surface area contributed by atoms with Gasteiger partial charge in [-0.3, -0.25) is 0 Å². The molecular weight excluding hydrogens is 412 g/mol. The zero-order valence-electron chi connectivity index (χ0n) is 17.2. The van der Waals surface area contributed by atoms with E-state index in [4.69, 9.17) is 15.6 Å². The first-order valence-electron chi connectivity index (χ1n) is 10.0. The summed E-state index contributed by atoms with van der Waals surface area (Å²) in [7, 11) is -2.17. The van der Waals surface area contributed by atoms with Crippen LogP contribution >= 0.6 is 0 Å². The molecule has 0 aromatic heterocycles. The lowest BCUT2D eigenvalue weighted by molar-refractivity contribution is 0.408. The maximum Gasteiger partial charge on any atom is 0.238 e. The molecule has 4 rings (SSSR count). The summed E-state index contributed by atoms with van der Waals surface area (Å²) in [4.78, 5) is 1.91. The highest BCUT2D eigenvalue weighted by Gasteiger charge is 2.37. The summed E-state index contributed by atoms with van der Waals surface area (Å²) >= 11 is 0. The van der Waals surface area contributed by atoms with E-state index in [0.29, 0.717) is 17.1 Å². The van der Waals surface area contributed by atoms with Gasteiger partial charge in [0.2, 0.25) is 10.0 Å². The van der Waals surface area contributed by atoms with Crippen molar-refractivity contribution < 1.29 is 13.2 Å². The van der Waals surface area contributed by atoms with Crippen LogP contribution in [0.3, 0.4) is 0 Å². The second kappa shape index (κ2) is 8.10. The van der Waals surface area contributed by atoms with Crippen molar-refractivity contribution in [2.45, 2.75) is 36.5 Å². The molecule has 0 spiro atoms. The van der Waals surface area contributed by atoms with Crippen LogP contribution in [0.15, 0.2) is 76.1 Å². The van der Waals surface area contributed by atoms with Crippen molar-refractivity contribution in [1.29, 1.82) is 5.26 Å². The lowest BCUT2D eigenvalue weighted by atomic mass is 9.76. The smallest absolute Gasteiger partial charge is 0.238 e. The Bertz CT molecular complexity index is 1220. The highest BCUT2D eigenvalue weighted by atomic mass is 32.2. The van der Waals surface area contributed by atoms with Gasteiger partial charge in [0.1, 0.15) is 11.6 Å². The summed E-state index contributed by atoms with van der Waals surface area (Å²) in [6.45, 7) is 0. The van der Waals surface area contributed by atoms with Crippen LogP contribution in [0, 0.1) is 11.3 Å². The van der Waals surface area contributed by atoms with Crippen molar-refractivity contribution in [3.05, 3.63) is 76.8 Å².